The van der Waals surface area contributed by atoms with E-state index in [1.54, 1.807) is 30.3 Å². The molecule has 0 radical (unpaired) electrons. The highest BCUT2D eigenvalue weighted by Crippen LogP contribution is 2.44. The van der Waals surface area contributed by atoms with E-state index in [1.807, 2.05) is 0 Å². The third-order valence-corrected chi connectivity index (χ3v) is 5.23. The van der Waals surface area contributed by atoms with Gasteiger partial charge in [0.1, 0.15) is 11.6 Å². The highest BCUT2D eigenvalue weighted by atomic mass is 35.5. The number of anilines is 2. The van der Waals surface area contributed by atoms with E-state index in [1.165, 1.54) is 25.4 Å². The standard InChI is InChI=1S/C20H17ClF3N5O2/c1-31-12-5-2-4-11(8-12)14-9-16(20(22,23)24)29-17(26-14)10-15(28-29)19(30)27-13-6-3-7-25-18(13)21/h2-8,10,14,16,26H,9H2,1H3,(H,27,30)/t14-,16+/m1/s1. The van der Waals surface area contributed by atoms with Gasteiger partial charge in [-0.3, -0.25) is 4.79 Å². The molecule has 3 aromatic rings. The first kappa shape index (κ1) is 21.0. The van der Waals surface area contributed by atoms with Crippen LogP contribution in [0.25, 0.3) is 0 Å². The van der Waals surface area contributed by atoms with Gasteiger partial charge in [-0.05, 0) is 29.8 Å². The molecule has 1 amide bonds. The van der Waals surface area contributed by atoms with Crippen LogP contribution < -0.4 is 15.4 Å². The van der Waals surface area contributed by atoms with Crippen LogP contribution in [0.2, 0.25) is 5.15 Å². The van der Waals surface area contributed by atoms with Gasteiger partial charge in [-0.1, -0.05) is 23.7 Å². The number of hydrogen-bond acceptors (Lipinski definition) is 5. The SMILES string of the molecule is COc1cccc([C@H]2C[C@@H](C(F)(F)F)n3nc(C(=O)Nc4cccnc4Cl)cc3N2)c1. The number of amides is 1. The number of hydrogen-bond donors (Lipinski definition) is 2. The maximum atomic E-state index is 13.8. The smallest absolute Gasteiger partial charge is 0.410 e. The van der Waals surface area contributed by atoms with E-state index in [0.29, 0.717) is 11.3 Å². The molecular weight excluding hydrogens is 435 g/mol. The van der Waals surface area contributed by atoms with Crippen molar-refractivity contribution >= 4 is 29.0 Å². The van der Waals surface area contributed by atoms with Crippen molar-refractivity contribution in [3.63, 3.8) is 0 Å². The molecule has 0 bridgehead atoms. The summed E-state index contributed by atoms with van der Waals surface area (Å²) in [6, 6.07) is 8.65. The van der Waals surface area contributed by atoms with Gasteiger partial charge in [-0.2, -0.15) is 18.3 Å². The lowest BCUT2D eigenvalue weighted by atomic mass is 9.97. The van der Waals surface area contributed by atoms with Gasteiger partial charge in [0.25, 0.3) is 5.91 Å². The fourth-order valence-corrected chi connectivity index (χ4v) is 3.59. The molecule has 3 heterocycles. The predicted octanol–water partition coefficient (Wildman–Crippen LogP) is 4.85. The molecule has 2 N–H and O–H groups in total. The Morgan fingerprint density at radius 3 is 2.81 bits per heavy atom. The van der Waals surface area contributed by atoms with Crippen molar-refractivity contribution in [1.29, 1.82) is 0 Å². The average molecular weight is 452 g/mol. The van der Waals surface area contributed by atoms with Gasteiger partial charge in [0, 0.05) is 18.7 Å². The van der Waals surface area contributed by atoms with Gasteiger partial charge in [-0.25, -0.2) is 9.67 Å². The number of nitrogens with one attached hydrogen (secondary N) is 2. The molecule has 1 aliphatic heterocycles. The van der Waals surface area contributed by atoms with Crippen molar-refractivity contribution in [2.45, 2.75) is 24.7 Å². The van der Waals surface area contributed by atoms with Gasteiger partial charge in [-0.15, -0.1) is 0 Å². The second kappa shape index (κ2) is 8.10. The molecule has 1 aromatic carbocycles. The number of halogens is 4. The summed E-state index contributed by atoms with van der Waals surface area (Å²) in [5.74, 6) is -0.0726. The van der Waals surface area contributed by atoms with E-state index in [-0.39, 0.29) is 28.8 Å². The van der Waals surface area contributed by atoms with E-state index >= 15 is 0 Å². The molecule has 11 heteroatoms. The van der Waals surface area contributed by atoms with Gasteiger partial charge >= 0.3 is 6.18 Å². The van der Waals surface area contributed by atoms with Gasteiger partial charge in [0.15, 0.2) is 16.9 Å². The van der Waals surface area contributed by atoms with E-state index in [4.69, 9.17) is 16.3 Å². The lowest BCUT2D eigenvalue weighted by molar-refractivity contribution is -0.173. The number of benzene rings is 1. The maximum Gasteiger partial charge on any atom is 0.410 e. The highest BCUT2D eigenvalue weighted by Gasteiger charge is 2.46. The zero-order valence-corrected chi connectivity index (χ0v) is 16.9. The number of carbonyl (C=O) groups is 1. The summed E-state index contributed by atoms with van der Waals surface area (Å²) in [6.07, 6.45) is -3.40. The molecule has 1 aliphatic rings. The summed E-state index contributed by atoms with van der Waals surface area (Å²) in [6.45, 7) is 0. The Kier molecular flexibility index (Phi) is 5.48. The first-order valence-electron chi connectivity index (χ1n) is 9.25. The van der Waals surface area contributed by atoms with E-state index in [9.17, 15) is 18.0 Å². The van der Waals surface area contributed by atoms with Crippen LogP contribution >= 0.6 is 11.6 Å². The molecule has 4 rings (SSSR count). The maximum absolute atomic E-state index is 13.8. The van der Waals surface area contributed by atoms with Crippen LogP contribution in [0.5, 0.6) is 5.75 Å². The average Bonchev–Trinajstić information content (AvgIpc) is 3.18. The summed E-state index contributed by atoms with van der Waals surface area (Å²) < 4.78 is 47.5. The second-order valence-electron chi connectivity index (χ2n) is 6.92. The number of rotatable bonds is 4. The minimum atomic E-state index is -4.56. The van der Waals surface area contributed by atoms with E-state index in [0.717, 1.165) is 4.68 Å². The normalized spacial score (nSPS) is 18.1. The van der Waals surface area contributed by atoms with Gasteiger partial charge < -0.3 is 15.4 Å². The predicted molar refractivity (Wildman–Crippen MR) is 108 cm³/mol. The van der Waals surface area contributed by atoms with Crippen molar-refractivity contribution in [2.75, 3.05) is 17.7 Å². The minimum Gasteiger partial charge on any atom is -0.497 e. The van der Waals surface area contributed by atoms with Crippen molar-refractivity contribution in [3.8, 4) is 5.75 Å². The third kappa shape index (κ3) is 4.29. The van der Waals surface area contributed by atoms with Crippen LogP contribution in [0, 0.1) is 0 Å². The Bertz CT molecular complexity index is 1120. The van der Waals surface area contributed by atoms with Crippen LogP contribution in [-0.2, 0) is 0 Å². The molecule has 162 valence electrons. The van der Waals surface area contributed by atoms with Crippen LogP contribution in [0.4, 0.5) is 24.7 Å². The van der Waals surface area contributed by atoms with E-state index < -0.39 is 24.2 Å². The number of carbonyl (C=O) groups excluding carboxylic acids is 1. The Morgan fingerprint density at radius 2 is 2.10 bits per heavy atom. The lowest BCUT2D eigenvalue weighted by Gasteiger charge is -2.33. The Balaban J connectivity index is 1.66. The fraction of sp³-hybridized carbons (Fsp3) is 0.250. The Hall–Kier alpha value is -3.27. The zero-order chi connectivity index (χ0) is 22.2. The number of aromatic nitrogens is 3. The number of alkyl halides is 3. The molecular formula is C20H17ClF3N5O2. The topological polar surface area (TPSA) is 81.1 Å². The molecule has 31 heavy (non-hydrogen) atoms. The first-order valence-corrected chi connectivity index (χ1v) is 9.62. The summed E-state index contributed by atoms with van der Waals surface area (Å²) in [5, 5.41) is 9.54. The molecule has 2 atom stereocenters. The summed E-state index contributed by atoms with van der Waals surface area (Å²) in [5.41, 5.74) is 0.687. The number of methoxy groups -OCH3 is 1. The molecule has 0 fully saturated rings. The number of nitrogens with zero attached hydrogens (tertiary/aromatic N) is 3. The van der Waals surface area contributed by atoms with Crippen LogP contribution in [0.1, 0.15) is 34.6 Å². The molecule has 0 saturated carbocycles. The largest absolute Gasteiger partial charge is 0.497 e. The van der Waals surface area contributed by atoms with Crippen molar-refractivity contribution in [1.82, 2.24) is 14.8 Å². The first-order chi connectivity index (χ1) is 14.8. The van der Waals surface area contributed by atoms with Crippen molar-refractivity contribution < 1.29 is 22.7 Å². The van der Waals surface area contributed by atoms with Crippen molar-refractivity contribution in [2.24, 2.45) is 0 Å². The zero-order valence-electron chi connectivity index (χ0n) is 16.2. The van der Waals surface area contributed by atoms with Gasteiger partial charge in [0.05, 0.1) is 18.8 Å². The third-order valence-electron chi connectivity index (χ3n) is 4.93. The summed E-state index contributed by atoms with van der Waals surface area (Å²) in [4.78, 5) is 16.4. The molecule has 7 nitrogen and oxygen atoms in total. The van der Waals surface area contributed by atoms with Crippen LogP contribution in [0.3, 0.4) is 0 Å². The highest BCUT2D eigenvalue weighted by molar-refractivity contribution is 6.32. The van der Waals surface area contributed by atoms with Gasteiger partial charge in [0.2, 0.25) is 0 Å². The van der Waals surface area contributed by atoms with Crippen molar-refractivity contribution in [3.05, 3.63) is 65.1 Å². The molecule has 2 aromatic heterocycles. The Labute approximate surface area is 180 Å². The lowest BCUT2D eigenvalue weighted by Crippen LogP contribution is -2.35. The second-order valence-corrected chi connectivity index (χ2v) is 7.28. The summed E-state index contributed by atoms with van der Waals surface area (Å²) >= 11 is 5.93. The summed E-state index contributed by atoms with van der Waals surface area (Å²) in [7, 11) is 1.49. The quantitative estimate of drug-likeness (QED) is 0.554. The monoisotopic (exact) mass is 451 g/mol. The minimum absolute atomic E-state index is 0.0594. The molecule has 0 aliphatic carbocycles. The Morgan fingerprint density at radius 1 is 1.29 bits per heavy atom. The number of pyridine rings is 1. The molecule has 0 unspecified atom stereocenters. The fourth-order valence-electron chi connectivity index (χ4n) is 3.43. The number of fused-ring (bicyclic) bond motifs is 1. The molecule has 0 spiro atoms. The van der Waals surface area contributed by atoms with Crippen LogP contribution in [-0.4, -0.2) is 34.0 Å². The molecule has 0 saturated heterocycles. The number of ether oxygens (including phenoxy) is 1. The van der Waals surface area contributed by atoms with Crippen LogP contribution in [0.15, 0.2) is 48.7 Å². The van der Waals surface area contributed by atoms with E-state index in [2.05, 4.69) is 20.7 Å².